The first kappa shape index (κ1) is 17.5. The molecule has 0 saturated heterocycles. The molecule has 3 rings (SSSR count). The van der Waals surface area contributed by atoms with E-state index in [-0.39, 0.29) is 10.8 Å². The van der Waals surface area contributed by atoms with E-state index >= 15 is 0 Å². The highest BCUT2D eigenvalue weighted by atomic mass is 35.5. The van der Waals surface area contributed by atoms with Crippen LogP contribution < -0.4 is 9.47 Å². The Morgan fingerprint density at radius 2 is 2.08 bits per heavy atom. The van der Waals surface area contributed by atoms with Gasteiger partial charge in [-0.05, 0) is 23.8 Å². The minimum absolute atomic E-state index is 0.265. The molecule has 0 unspecified atom stereocenters. The average Bonchev–Trinajstić information content (AvgIpc) is 3.02. The Hall–Kier alpha value is -2.31. The fraction of sp³-hybridized carbons (Fsp3) is 0.278. The van der Waals surface area contributed by atoms with E-state index < -0.39 is 0 Å². The normalized spacial score (nSPS) is 11.0. The van der Waals surface area contributed by atoms with E-state index in [9.17, 15) is 4.39 Å². The van der Waals surface area contributed by atoms with Crippen LogP contribution in [0.2, 0.25) is 5.02 Å². The summed E-state index contributed by atoms with van der Waals surface area (Å²) in [5.41, 5.74) is 1.95. The lowest BCUT2D eigenvalue weighted by molar-refractivity contribution is 0.146. The minimum atomic E-state index is -0.380. The first-order valence-electron chi connectivity index (χ1n) is 7.72. The van der Waals surface area contributed by atoms with Crippen LogP contribution in [0.5, 0.6) is 11.5 Å². The molecule has 3 aromatic rings. The fourth-order valence-corrected chi connectivity index (χ4v) is 2.85. The number of hydrogen-bond acceptors (Lipinski definition) is 4. The van der Waals surface area contributed by atoms with Crippen molar-refractivity contribution in [2.75, 3.05) is 27.4 Å². The molecule has 2 heterocycles. The molecule has 0 aliphatic heterocycles. The van der Waals surface area contributed by atoms with Gasteiger partial charge in [0.1, 0.15) is 29.6 Å². The second-order valence-corrected chi connectivity index (χ2v) is 5.82. The first-order valence-corrected chi connectivity index (χ1v) is 8.10. The zero-order valence-electron chi connectivity index (χ0n) is 13.9. The summed E-state index contributed by atoms with van der Waals surface area (Å²) in [5.74, 6) is 0.691. The summed E-state index contributed by atoms with van der Waals surface area (Å²) in [4.78, 5) is 7.36. The van der Waals surface area contributed by atoms with Gasteiger partial charge in [0.2, 0.25) is 0 Å². The molecule has 25 heavy (non-hydrogen) atoms. The number of ether oxygens (including phenoxy) is 3. The van der Waals surface area contributed by atoms with Crippen LogP contribution in [0, 0.1) is 5.82 Å². The highest BCUT2D eigenvalue weighted by Crippen LogP contribution is 2.33. The molecular weight excluding hydrogens is 347 g/mol. The minimum Gasteiger partial charge on any atom is -0.495 e. The molecule has 0 radical (unpaired) electrons. The van der Waals surface area contributed by atoms with Gasteiger partial charge in [-0.25, -0.2) is 9.37 Å². The van der Waals surface area contributed by atoms with Gasteiger partial charge in [-0.2, -0.15) is 0 Å². The summed E-state index contributed by atoms with van der Waals surface area (Å²) >= 11 is 6.36. The van der Waals surface area contributed by atoms with Crippen LogP contribution in [0.3, 0.4) is 0 Å². The van der Waals surface area contributed by atoms with Crippen molar-refractivity contribution in [3.63, 3.8) is 0 Å². The number of halogens is 2. The molecule has 0 aliphatic rings. The molecule has 132 valence electrons. The van der Waals surface area contributed by atoms with Crippen molar-refractivity contribution in [2.45, 2.75) is 6.42 Å². The van der Waals surface area contributed by atoms with E-state index in [1.807, 2.05) is 6.07 Å². The lowest BCUT2D eigenvalue weighted by Crippen LogP contribution is -2.06. The predicted octanol–water partition coefficient (Wildman–Crippen LogP) is 3.98. The number of H-pyrrole nitrogens is 1. The number of aromatic nitrogens is 2. The van der Waals surface area contributed by atoms with Crippen molar-refractivity contribution in [3.8, 4) is 11.5 Å². The van der Waals surface area contributed by atoms with Gasteiger partial charge < -0.3 is 19.2 Å². The highest BCUT2D eigenvalue weighted by molar-refractivity contribution is 6.32. The number of pyridine rings is 1. The number of rotatable bonds is 7. The van der Waals surface area contributed by atoms with Gasteiger partial charge in [-0.15, -0.1) is 0 Å². The Labute approximate surface area is 149 Å². The summed E-state index contributed by atoms with van der Waals surface area (Å²) in [7, 11) is 3.16. The van der Waals surface area contributed by atoms with Gasteiger partial charge in [0.15, 0.2) is 0 Å². The zero-order valence-corrected chi connectivity index (χ0v) is 14.7. The van der Waals surface area contributed by atoms with Crippen molar-refractivity contribution in [1.29, 1.82) is 0 Å². The van der Waals surface area contributed by atoms with Gasteiger partial charge in [0.05, 0.1) is 24.9 Å². The van der Waals surface area contributed by atoms with E-state index in [0.717, 1.165) is 10.9 Å². The summed E-state index contributed by atoms with van der Waals surface area (Å²) in [6.07, 6.45) is 3.73. The molecule has 0 saturated carbocycles. The van der Waals surface area contributed by atoms with Crippen LogP contribution in [0.4, 0.5) is 4.39 Å². The summed E-state index contributed by atoms with van der Waals surface area (Å²) in [6.45, 7) is 0.770. The van der Waals surface area contributed by atoms with Gasteiger partial charge in [0.25, 0.3) is 0 Å². The number of nitrogens with one attached hydrogen (secondary N) is 1. The Morgan fingerprint density at radius 3 is 2.84 bits per heavy atom. The monoisotopic (exact) mass is 364 g/mol. The van der Waals surface area contributed by atoms with Crippen LogP contribution in [-0.4, -0.2) is 37.4 Å². The summed E-state index contributed by atoms with van der Waals surface area (Å²) in [6, 6.07) is 4.74. The molecule has 0 spiro atoms. The molecule has 0 atom stereocenters. The molecule has 5 nitrogen and oxygen atoms in total. The Kier molecular flexibility index (Phi) is 5.40. The smallest absolute Gasteiger partial charge is 0.138 e. The van der Waals surface area contributed by atoms with Crippen molar-refractivity contribution in [2.24, 2.45) is 0 Å². The van der Waals surface area contributed by atoms with Crippen LogP contribution in [0.25, 0.3) is 11.0 Å². The van der Waals surface area contributed by atoms with E-state index in [2.05, 4.69) is 9.97 Å². The maximum absolute atomic E-state index is 14.3. The van der Waals surface area contributed by atoms with Crippen LogP contribution in [0.1, 0.15) is 11.1 Å². The Bertz CT molecular complexity index is 882. The molecular formula is C18H18ClFN2O3. The number of aromatic amines is 1. The maximum atomic E-state index is 14.3. The van der Waals surface area contributed by atoms with Crippen LogP contribution in [0.15, 0.2) is 30.6 Å². The predicted molar refractivity (Wildman–Crippen MR) is 94.2 cm³/mol. The largest absolute Gasteiger partial charge is 0.495 e. The summed E-state index contributed by atoms with van der Waals surface area (Å²) in [5, 5.41) is 1.13. The molecule has 0 aliphatic carbocycles. The molecule has 0 fully saturated rings. The van der Waals surface area contributed by atoms with Crippen molar-refractivity contribution in [1.82, 2.24) is 9.97 Å². The molecule has 1 aromatic carbocycles. The van der Waals surface area contributed by atoms with Crippen molar-refractivity contribution in [3.05, 3.63) is 52.6 Å². The topological polar surface area (TPSA) is 56.4 Å². The highest BCUT2D eigenvalue weighted by Gasteiger charge is 2.16. The van der Waals surface area contributed by atoms with E-state index in [1.165, 1.54) is 12.1 Å². The van der Waals surface area contributed by atoms with Gasteiger partial charge >= 0.3 is 0 Å². The van der Waals surface area contributed by atoms with Crippen molar-refractivity contribution < 1.29 is 18.6 Å². The lowest BCUT2D eigenvalue weighted by atomic mass is 10.0. The number of hydrogen-bond donors (Lipinski definition) is 1. The van der Waals surface area contributed by atoms with Gasteiger partial charge in [-0.3, -0.25) is 0 Å². The number of benzene rings is 1. The third-order valence-electron chi connectivity index (χ3n) is 3.89. The lowest BCUT2D eigenvalue weighted by Gasteiger charge is -2.12. The van der Waals surface area contributed by atoms with Crippen LogP contribution in [-0.2, 0) is 11.2 Å². The van der Waals surface area contributed by atoms with Crippen LogP contribution >= 0.6 is 11.6 Å². The second-order valence-electron chi connectivity index (χ2n) is 5.44. The van der Waals surface area contributed by atoms with E-state index in [1.54, 1.807) is 26.6 Å². The number of nitrogens with zero attached hydrogens (tertiary/aromatic N) is 1. The standard InChI is InChI=1S/C18H18ClFN2O3/c1-23-5-6-25-16-4-3-15(20)14(17(16)19)7-11-9-21-18-13(11)8-12(24-2)10-22-18/h3-4,8-10H,5-7H2,1-2H3,(H,21,22). The molecule has 0 amide bonds. The average molecular weight is 365 g/mol. The van der Waals surface area contributed by atoms with E-state index in [4.69, 9.17) is 25.8 Å². The van der Waals surface area contributed by atoms with Gasteiger partial charge in [0, 0.05) is 30.7 Å². The Balaban J connectivity index is 1.93. The molecule has 7 heteroatoms. The Morgan fingerprint density at radius 1 is 1.24 bits per heavy atom. The second kappa shape index (κ2) is 7.72. The third kappa shape index (κ3) is 3.70. The summed E-state index contributed by atoms with van der Waals surface area (Å²) < 4.78 is 30.1. The zero-order chi connectivity index (χ0) is 17.8. The SMILES string of the molecule is COCCOc1ccc(F)c(Cc2c[nH]c3ncc(OC)cc23)c1Cl. The molecule has 0 bridgehead atoms. The number of fused-ring (bicyclic) bond motifs is 1. The molecule has 2 aromatic heterocycles. The quantitative estimate of drug-likeness (QED) is 0.644. The van der Waals surface area contributed by atoms with Crippen molar-refractivity contribution >= 4 is 22.6 Å². The third-order valence-corrected chi connectivity index (χ3v) is 4.30. The first-order chi connectivity index (χ1) is 12.1. The number of methoxy groups -OCH3 is 2. The maximum Gasteiger partial charge on any atom is 0.138 e. The molecule has 1 N–H and O–H groups in total. The van der Waals surface area contributed by atoms with Gasteiger partial charge in [-0.1, -0.05) is 11.6 Å². The fourth-order valence-electron chi connectivity index (χ4n) is 2.57. The van der Waals surface area contributed by atoms with E-state index in [0.29, 0.717) is 42.3 Å².